The van der Waals surface area contributed by atoms with Gasteiger partial charge in [-0.05, 0) is 38.5 Å². The van der Waals surface area contributed by atoms with Gasteiger partial charge in [-0.15, -0.1) is 0 Å². The van der Waals surface area contributed by atoms with Crippen LogP contribution in [0.5, 0.6) is 0 Å². The lowest BCUT2D eigenvalue weighted by atomic mass is 10.2. The van der Waals surface area contributed by atoms with Gasteiger partial charge in [-0.2, -0.15) is 0 Å². The Morgan fingerprint density at radius 2 is 2.06 bits per heavy atom. The third kappa shape index (κ3) is 5.68. The molecule has 0 aliphatic rings. The highest BCUT2D eigenvalue weighted by Gasteiger charge is 2.15. The third-order valence-corrected chi connectivity index (χ3v) is 2.09. The van der Waals surface area contributed by atoms with Crippen molar-refractivity contribution >= 4 is 11.7 Å². The lowest BCUT2D eigenvalue weighted by Gasteiger charge is -2.19. The van der Waals surface area contributed by atoms with Gasteiger partial charge in [0.2, 0.25) is 0 Å². The van der Waals surface area contributed by atoms with E-state index in [0.29, 0.717) is 6.61 Å². The van der Waals surface area contributed by atoms with E-state index in [9.17, 15) is 4.79 Å². The fraction of sp³-hybridized carbons (Fsp3) is 0.500. The van der Waals surface area contributed by atoms with E-state index in [-0.39, 0.29) is 12.5 Å². The maximum absolute atomic E-state index is 11.5. The average Bonchev–Trinajstić information content (AvgIpc) is 2.25. The monoisotopic (exact) mass is 251 g/mol. The van der Waals surface area contributed by atoms with Crippen LogP contribution in [-0.2, 0) is 20.9 Å². The van der Waals surface area contributed by atoms with E-state index in [1.807, 2.05) is 45.0 Å². The molecule has 0 amide bonds. The Bertz CT molecular complexity index is 396. The Hall–Kier alpha value is -1.55. The van der Waals surface area contributed by atoms with E-state index in [2.05, 4.69) is 5.32 Å². The van der Waals surface area contributed by atoms with Gasteiger partial charge in [0, 0.05) is 12.8 Å². The number of rotatable bonds is 5. The molecule has 0 saturated heterocycles. The molecule has 4 heteroatoms. The number of nitrogens with one attached hydrogen (secondary N) is 1. The number of hydrogen-bond donors (Lipinski definition) is 1. The number of anilines is 1. The quantitative estimate of drug-likeness (QED) is 0.817. The molecule has 0 radical (unpaired) electrons. The summed E-state index contributed by atoms with van der Waals surface area (Å²) in [6.07, 6.45) is 0. The number of carbonyl (C=O) groups is 1. The second-order valence-electron chi connectivity index (χ2n) is 5.07. The van der Waals surface area contributed by atoms with Gasteiger partial charge in [0.25, 0.3) is 0 Å². The van der Waals surface area contributed by atoms with Crippen LogP contribution in [0.1, 0.15) is 26.3 Å². The van der Waals surface area contributed by atoms with Gasteiger partial charge >= 0.3 is 5.97 Å². The first kappa shape index (κ1) is 14.5. The van der Waals surface area contributed by atoms with Gasteiger partial charge < -0.3 is 14.8 Å². The number of ether oxygens (including phenoxy) is 2. The van der Waals surface area contributed by atoms with Gasteiger partial charge in [0.15, 0.2) is 0 Å². The van der Waals surface area contributed by atoms with Crippen molar-refractivity contribution < 1.29 is 14.3 Å². The first-order chi connectivity index (χ1) is 8.40. The summed E-state index contributed by atoms with van der Waals surface area (Å²) >= 11 is 0. The van der Waals surface area contributed by atoms with Crippen LogP contribution in [-0.4, -0.2) is 25.2 Å². The van der Waals surface area contributed by atoms with Crippen molar-refractivity contribution in [3.8, 4) is 0 Å². The highest BCUT2D eigenvalue weighted by molar-refractivity contribution is 5.75. The zero-order chi connectivity index (χ0) is 13.6. The van der Waals surface area contributed by atoms with Crippen LogP contribution in [0.2, 0.25) is 0 Å². The van der Waals surface area contributed by atoms with E-state index in [0.717, 1.165) is 11.3 Å². The van der Waals surface area contributed by atoms with E-state index >= 15 is 0 Å². The lowest BCUT2D eigenvalue weighted by Crippen LogP contribution is -2.28. The van der Waals surface area contributed by atoms with E-state index in [4.69, 9.17) is 9.47 Å². The van der Waals surface area contributed by atoms with Crippen LogP contribution in [0.25, 0.3) is 0 Å². The Labute approximate surface area is 108 Å². The summed E-state index contributed by atoms with van der Waals surface area (Å²) in [4.78, 5) is 11.5. The van der Waals surface area contributed by atoms with Crippen molar-refractivity contribution in [1.82, 2.24) is 0 Å². The molecule has 1 rings (SSSR count). The maximum atomic E-state index is 11.5. The van der Waals surface area contributed by atoms with Crippen LogP contribution >= 0.6 is 0 Å². The molecular weight excluding hydrogens is 230 g/mol. The summed E-state index contributed by atoms with van der Waals surface area (Å²) in [5, 5.41) is 3.04. The predicted octanol–water partition coefficient (Wildman–Crippen LogP) is 2.59. The standard InChI is InChI=1S/C14H21NO3/c1-14(2,3)18-13(16)9-15-12-7-5-6-11(8-12)10-17-4/h5-8,15H,9-10H2,1-4H3. The number of benzene rings is 1. The van der Waals surface area contributed by atoms with E-state index in [1.54, 1.807) is 7.11 Å². The number of carbonyl (C=O) groups excluding carboxylic acids is 1. The molecule has 0 bridgehead atoms. The van der Waals surface area contributed by atoms with Crippen LogP contribution in [0.15, 0.2) is 24.3 Å². The van der Waals surface area contributed by atoms with Gasteiger partial charge in [-0.1, -0.05) is 12.1 Å². The van der Waals surface area contributed by atoms with Crippen LogP contribution in [0, 0.1) is 0 Å². The molecule has 1 aromatic carbocycles. The molecule has 4 nitrogen and oxygen atoms in total. The summed E-state index contributed by atoms with van der Waals surface area (Å²) in [7, 11) is 1.65. The number of hydrogen-bond acceptors (Lipinski definition) is 4. The third-order valence-electron chi connectivity index (χ3n) is 2.09. The molecule has 1 N–H and O–H groups in total. The van der Waals surface area contributed by atoms with E-state index < -0.39 is 5.60 Å². The molecule has 0 fully saturated rings. The fourth-order valence-corrected chi connectivity index (χ4v) is 1.49. The van der Waals surface area contributed by atoms with Gasteiger partial charge in [0.05, 0.1) is 6.61 Å². The van der Waals surface area contributed by atoms with Gasteiger partial charge in [-0.25, -0.2) is 0 Å². The summed E-state index contributed by atoms with van der Waals surface area (Å²) in [6.45, 7) is 6.27. The molecular formula is C14H21NO3. The van der Waals surface area contributed by atoms with Crippen LogP contribution in [0.3, 0.4) is 0 Å². The molecule has 18 heavy (non-hydrogen) atoms. The highest BCUT2D eigenvalue weighted by atomic mass is 16.6. The maximum Gasteiger partial charge on any atom is 0.325 e. The molecule has 0 atom stereocenters. The van der Waals surface area contributed by atoms with Crippen molar-refractivity contribution in [3.05, 3.63) is 29.8 Å². The van der Waals surface area contributed by atoms with Crippen LogP contribution < -0.4 is 5.32 Å². The van der Waals surface area contributed by atoms with Crippen molar-refractivity contribution in [3.63, 3.8) is 0 Å². The average molecular weight is 251 g/mol. The predicted molar refractivity (Wildman–Crippen MR) is 71.5 cm³/mol. The normalized spacial score (nSPS) is 11.1. The summed E-state index contributed by atoms with van der Waals surface area (Å²) in [5.41, 5.74) is 1.50. The Morgan fingerprint density at radius 3 is 2.67 bits per heavy atom. The lowest BCUT2D eigenvalue weighted by molar-refractivity contribution is -0.152. The Balaban J connectivity index is 2.48. The Morgan fingerprint density at radius 1 is 1.33 bits per heavy atom. The molecule has 0 aliphatic carbocycles. The van der Waals surface area contributed by atoms with Crippen molar-refractivity contribution in [2.75, 3.05) is 19.0 Å². The second kappa shape index (κ2) is 6.40. The molecule has 0 aliphatic heterocycles. The molecule has 0 aromatic heterocycles. The highest BCUT2D eigenvalue weighted by Crippen LogP contribution is 2.12. The molecule has 0 spiro atoms. The fourth-order valence-electron chi connectivity index (χ4n) is 1.49. The van der Waals surface area contributed by atoms with Crippen molar-refractivity contribution in [2.24, 2.45) is 0 Å². The minimum absolute atomic E-state index is 0.160. The Kier molecular flexibility index (Phi) is 5.16. The SMILES string of the molecule is COCc1cccc(NCC(=O)OC(C)(C)C)c1. The number of methoxy groups -OCH3 is 1. The minimum atomic E-state index is -0.448. The molecule has 0 heterocycles. The zero-order valence-corrected chi connectivity index (χ0v) is 11.4. The first-order valence-electron chi connectivity index (χ1n) is 5.94. The molecule has 0 unspecified atom stereocenters. The van der Waals surface area contributed by atoms with Gasteiger partial charge in [-0.3, -0.25) is 4.79 Å². The van der Waals surface area contributed by atoms with Crippen molar-refractivity contribution in [2.45, 2.75) is 33.0 Å². The molecule has 1 aromatic rings. The summed E-state index contributed by atoms with van der Waals surface area (Å²) < 4.78 is 10.3. The van der Waals surface area contributed by atoms with Gasteiger partial charge in [0.1, 0.15) is 12.1 Å². The number of esters is 1. The summed E-state index contributed by atoms with van der Waals surface area (Å²) in [6, 6.07) is 7.76. The van der Waals surface area contributed by atoms with Crippen molar-refractivity contribution in [1.29, 1.82) is 0 Å². The molecule has 100 valence electrons. The van der Waals surface area contributed by atoms with Crippen LogP contribution in [0.4, 0.5) is 5.69 Å². The topological polar surface area (TPSA) is 47.6 Å². The summed E-state index contributed by atoms with van der Waals surface area (Å²) in [5.74, 6) is -0.264. The first-order valence-corrected chi connectivity index (χ1v) is 5.94. The minimum Gasteiger partial charge on any atom is -0.459 e. The second-order valence-corrected chi connectivity index (χ2v) is 5.07. The zero-order valence-electron chi connectivity index (χ0n) is 11.4. The van der Waals surface area contributed by atoms with E-state index in [1.165, 1.54) is 0 Å². The smallest absolute Gasteiger partial charge is 0.325 e. The molecule has 0 saturated carbocycles. The largest absolute Gasteiger partial charge is 0.459 e.